The highest BCUT2D eigenvalue weighted by atomic mass is 32.2. The van der Waals surface area contributed by atoms with Crippen molar-refractivity contribution in [2.45, 2.75) is 32.9 Å². The molecule has 1 aliphatic rings. The Bertz CT molecular complexity index is 359. The molecule has 5 heteroatoms. The first kappa shape index (κ1) is 11.0. The lowest BCUT2D eigenvalue weighted by Crippen LogP contribution is -2.35. The van der Waals surface area contributed by atoms with E-state index >= 15 is 0 Å². The van der Waals surface area contributed by atoms with Gasteiger partial charge in [0.2, 0.25) is 0 Å². The lowest BCUT2D eigenvalue weighted by molar-refractivity contribution is 0.642. The molecule has 82 valence electrons. The lowest BCUT2D eigenvalue weighted by Gasteiger charge is -2.21. The Kier molecular flexibility index (Phi) is 3.64. The molecule has 0 aliphatic carbocycles. The molecule has 1 aromatic heterocycles. The van der Waals surface area contributed by atoms with Gasteiger partial charge in [-0.1, -0.05) is 11.8 Å². The molecule has 15 heavy (non-hydrogen) atoms. The molecule has 0 bridgehead atoms. The van der Waals surface area contributed by atoms with E-state index in [1.807, 2.05) is 24.9 Å². The van der Waals surface area contributed by atoms with Crippen LogP contribution in [0.1, 0.15) is 23.2 Å². The summed E-state index contributed by atoms with van der Waals surface area (Å²) in [6.45, 7) is 4.98. The summed E-state index contributed by atoms with van der Waals surface area (Å²) in [6.07, 6.45) is 3.14. The van der Waals surface area contributed by atoms with Crippen molar-refractivity contribution in [1.82, 2.24) is 10.3 Å². The summed E-state index contributed by atoms with van der Waals surface area (Å²) < 4.78 is 0. The second-order valence-corrected chi connectivity index (χ2v) is 6.05. The van der Waals surface area contributed by atoms with Gasteiger partial charge in [-0.05, 0) is 20.3 Å². The van der Waals surface area contributed by atoms with E-state index in [0.29, 0.717) is 6.04 Å². The van der Waals surface area contributed by atoms with Gasteiger partial charge in [0, 0.05) is 22.9 Å². The Hall–Kier alpha value is -0.550. The van der Waals surface area contributed by atoms with E-state index in [1.54, 1.807) is 11.3 Å². The maximum atomic E-state index is 4.56. The summed E-state index contributed by atoms with van der Waals surface area (Å²) >= 11 is 3.54. The van der Waals surface area contributed by atoms with E-state index in [1.165, 1.54) is 17.1 Å². The molecule has 1 fully saturated rings. The molecule has 1 unspecified atom stereocenters. The van der Waals surface area contributed by atoms with Crippen LogP contribution in [0.3, 0.4) is 0 Å². The van der Waals surface area contributed by atoms with Crippen LogP contribution in [-0.4, -0.2) is 21.9 Å². The molecule has 1 saturated heterocycles. The largest absolute Gasteiger partial charge is 0.362 e. The summed E-state index contributed by atoms with van der Waals surface area (Å²) in [6, 6.07) is 0.563. The van der Waals surface area contributed by atoms with E-state index in [9.17, 15) is 0 Å². The van der Waals surface area contributed by atoms with Crippen LogP contribution in [0.15, 0.2) is 11.2 Å². The standard InChI is InChI=1S/C10H15N3S2/c1-7-3-4-14-10(13-7)12-6-9-5-11-8(2)15-9/h5,7H,3-4,6H2,1-2H3,(H,12,13). The maximum absolute atomic E-state index is 4.56. The van der Waals surface area contributed by atoms with Gasteiger partial charge < -0.3 is 5.32 Å². The van der Waals surface area contributed by atoms with Crippen LogP contribution >= 0.6 is 23.1 Å². The van der Waals surface area contributed by atoms with Crippen molar-refractivity contribution in [3.05, 3.63) is 16.1 Å². The van der Waals surface area contributed by atoms with Crippen molar-refractivity contribution in [1.29, 1.82) is 0 Å². The fourth-order valence-corrected chi connectivity index (χ4v) is 3.20. The van der Waals surface area contributed by atoms with E-state index in [2.05, 4.69) is 22.2 Å². The smallest absolute Gasteiger partial charge is 0.157 e. The van der Waals surface area contributed by atoms with Crippen LogP contribution in [0.25, 0.3) is 0 Å². The predicted octanol–water partition coefficient (Wildman–Crippen LogP) is 2.42. The molecule has 1 aliphatic heterocycles. The molecule has 1 aromatic rings. The first-order valence-corrected chi connectivity index (χ1v) is 6.89. The van der Waals surface area contributed by atoms with Gasteiger partial charge in [-0.2, -0.15) is 0 Å². The van der Waals surface area contributed by atoms with Crippen LogP contribution < -0.4 is 5.32 Å². The highest BCUT2D eigenvalue weighted by Crippen LogP contribution is 2.16. The molecule has 0 spiro atoms. The van der Waals surface area contributed by atoms with Crippen molar-refractivity contribution >= 4 is 28.3 Å². The fraction of sp³-hybridized carbons (Fsp3) is 0.600. The number of nitrogens with one attached hydrogen (secondary N) is 1. The van der Waals surface area contributed by atoms with Crippen molar-refractivity contribution in [2.75, 3.05) is 5.75 Å². The molecular formula is C10H15N3S2. The zero-order valence-corrected chi connectivity index (χ0v) is 10.6. The van der Waals surface area contributed by atoms with Gasteiger partial charge in [-0.25, -0.2) is 4.98 Å². The lowest BCUT2D eigenvalue weighted by atomic mass is 10.3. The van der Waals surface area contributed by atoms with Crippen molar-refractivity contribution in [3.8, 4) is 0 Å². The zero-order valence-electron chi connectivity index (χ0n) is 8.99. The molecule has 0 saturated carbocycles. The van der Waals surface area contributed by atoms with Gasteiger partial charge in [-0.3, -0.25) is 4.99 Å². The number of aryl methyl sites for hydroxylation is 1. The second-order valence-electron chi connectivity index (χ2n) is 3.65. The number of thiazole rings is 1. The first-order chi connectivity index (χ1) is 7.24. The van der Waals surface area contributed by atoms with E-state index in [4.69, 9.17) is 0 Å². The van der Waals surface area contributed by atoms with Crippen LogP contribution in [0.5, 0.6) is 0 Å². The molecule has 2 rings (SSSR count). The van der Waals surface area contributed by atoms with Crippen molar-refractivity contribution in [2.24, 2.45) is 4.99 Å². The maximum Gasteiger partial charge on any atom is 0.157 e. The molecule has 2 heterocycles. The summed E-state index contributed by atoms with van der Waals surface area (Å²) in [5.41, 5.74) is 0. The minimum absolute atomic E-state index is 0.563. The van der Waals surface area contributed by atoms with Gasteiger partial charge in [0.15, 0.2) is 5.17 Å². The van der Waals surface area contributed by atoms with Crippen LogP contribution in [0.2, 0.25) is 0 Å². The van der Waals surface area contributed by atoms with Gasteiger partial charge in [0.1, 0.15) is 0 Å². The molecule has 0 aromatic carbocycles. The summed E-state index contributed by atoms with van der Waals surface area (Å²) in [4.78, 5) is 10.0. The molecular weight excluding hydrogens is 226 g/mol. The molecule has 3 nitrogen and oxygen atoms in total. The van der Waals surface area contributed by atoms with Gasteiger partial charge in [-0.15, -0.1) is 11.3 Å². The van der Waals surface area contributed by atoms with Crippen molar-refractivity contribution in [3.63, 3.8) is 0 Å². The summed E-state index contributed by atoms with van der Waals surface area (Å²) in [5.74, 6) is 1.18. The Morgan fingerprint density at radius 1 is 1.67 bits per heavy atom. The number of aromatic nitrogens is 1. The third-order valence-electron chi connectivity index (χ3n) is 2.21. The third kappa shape index (κ3) is 3.21. The number of hydrogen-bond donors (Lipinski definition) is 1. The monoisotopic (exact) mass is 241 g/mol. The number of rotatable bonds is 2. The Labute approximate surface area is 98.4 Å². The summed E-state index contributed by atoms with van der Waals surface area (Å²) in [7, 11) is 0. The van der Waals surface area contributed by atoms with Crippen LogP contribution in [0, 0.1) is 6.92 Å². The van der Waals surface area contributed by atoms with Crippen molar-refractivity contribution < 1.29 is 0 Å². The normalized spacial score (nSPS) is 24.1. The highest BCUT2D eigenvalue weighted by molar-refractivity contribution is 8.13. The Balaban J connectivity index is 1.93. The zero-order chi connectivity index (χ0) is 10.7. The first-order valence-electron chi connectivity index (χ1n) is 5.09. The number of nitrogens with zero attached hydrogens (tertiary/aromatic N) is 2. The van der Waals surface area contributed by atoms with Gasteiger partial charge >= 0.3 is 0 Å². The summed E-state index contributed by atoms with van der Waals surface area (Å²) in [5, 5.41) is 5.59. The van der Waals surface area contributed by atoms with Crippen LogP contribution in [0.4, 0.5) is 0 Å². The van der Waals surface area contributed by atoms with Gasteiger partial charge in [0.25, 0.3) is 0 Å². The molecule has 1 N–H and O–H groups in total. The third-order valence-corrected chi connectivity index (χ3v) is 4.06. The SMILES string of the molecule is Cc1ncc(CN=C2NC(C)CCS2)s1. The average molecular weight is 241 g/mol. The second kappa shape index (κ2) is 4.99. The minimum atomic E-state index is 0.563. The number of hydrogen-bond acceptors (Lipinski definition) is 4. The molecule has 0 amide bonds. The average Bonchev–Trinajstić information content (AvgIpc) is 2.62. The van der Waals surface area contributed by atoms with E-state index in [-0.39, 0.29) is 0 Å². The number of thioether (sulfide) groups is 1. The fourth-order valence-electron chi connectivity index (χ4n) is 1.38. The number of aliphatic imine (C=N–C) groups is 1. The minimum Gasteiger partial charge on any atom is -0.362 e. The molecule has 1 atom stereocenters. The quantitative estimate of drug-likeness (QED) is 0.864. The highest BCUT2D eigenvalue weighted by Gasteiger charge is 2.12. The van der Waals surface area contributed by atoms with E-state index < -0.39 is 0 Å². The topological polar surface area (TPSA) is 37.3 Å². The van der Waals surface area contributed by atoms with Gasteiger partial charge in [0.05, 0.1) is 11.6 Å². The van der Waals surface area contributed by atoms with Crippen LogP contribution in [-0.2, 0) is 6.54 Å². The Morgan fingerprint density at radius 2 is 2.53 bits per heavy atom. The molecule has 0 radical (unpaired) electrons. The Morgan fingerprint density at radius 3 is 3.20 bits per heavy atom. The van der Waals surface area contributed by atoms with E-state index in [0.717, 1.165) is 16.7 Å². The predicted molar refractivity (Wildman–Crippen MR) is 67.7 cm³/mol. The number of amidine groups is 1.